The normalized spacial score (nSPS) is 25.6. The van der Waals surface area contributed by atoms with Crippen LogP contribution in [0.3, 0.4) is 0 Å². The van der Waals surface area contributed by atoms with E-state index in [-0.39, 0.29) is 29.6 Å². The minimum Gasteiger partial charge on any atom is -0.468 e. The van der Waals surface area contributed by atoms with Gasteiger partial charge >= 0.3 is 5.97 Å². The second kappa shape index (κ2) is 6.52. The molecule has 0 spiro atoms. The first kappa shape index (κ1) is 15.4. The lowest BCUT2D eigenvalue weighted by molar-refractivity contribution is -0.148. The van der Waals surface area contributed by atoms with Crippen LogP contribution in [0.1, 0.15) is 33.1 Å². The minimum absolute atomic E-state index is 0.121. The Balaban J connectivity index is 2.76. The van der Waals surface area contributed by atoms with Crippen LogP contribution < -0.4 is 0 Å². The maximum atomic E-state index is 11.8. The van der Waals surface area contributed by atoms with E-state index < -0.39 is 9.84 Å². The fraction of sp³-hybridized carbons (Fsp3) is 0.917. The highest BCUT2D eigenvalue weighted by Gasteiger charge is 2.35. The molecule has 18 heavy (non-hydrogen) atoms. The molecule has 1 fully saturated rings. The van der Waals surface area contributed by atoms with Gasteiger partial charge in [-0.3, -0.25) is 9.69 Å². The SMILES string of the molecule is CCCCC(C(=O)OC)N1CCS(=O)(=O)CC1C. The van der Waals surface area contributed by atoms with E-state index in [1.165, 1.54) is 7.11 Å². The lowest BCUT2D eigenvalue weighted by Crippen LogP contribution is -2.54. The fourth-order valence-corrected chi connectivity index (χ4v) is 4.01. The number of carbonyl (C=O) groups is 1. The van der Waals surface area contributed by atoms with Crippen molar-refractivity contribution in [2.75, 3.05) is 25.2 Å². The molecule has 0 aromatic carbocycles. The summed E-state index contributed by atoms with van der Waals surface area (Å²) >= 11 is 0. The molecule has 0 aromatic rings. The van der Waals surface area contributed by atoms with Crippen LogP contribution in [0.25, 0.3) is 0 Å². The highest BCUT2D eigenvalue weighted by atomic mass is 32.2. The Labute approximate surface area is 109 Å². The summed E-state index contributed by atoms with van der Waals surface area (Å²) in [7, 11) is -1.56. The Hall–Kier alpha value is -0.620. The molecule has 5 nitrogen and oxygen atoms in total. The molecule has 1 rings (SSSR count). The van der Waals surface area contributed by atoms with Crippen molar-refractivity contribution in [3.05, 3.63) is 0 Å². The third-order valence-electron chi connectivity index (χ3n) is 3.43. The molecule has 0 saturated carbocycles. The van der Waals surface area contributed by atoms with Crippen LogP contribution in [-0.4, -0.2) is 56.5 Å². The summed E-state index contributed by atoms with van der Waals surface area (Å²) in [6, 6.07) is -0.426. The summed E-state index contributed by atoms with van der Waals surface area (Å²) in [5.74, 6) is 0.0124. The predicted molar refractivity (Wildman–Crippen MR) is 70.2 cm³/mol. The molecule has 0 aromatic heterocycles. The molecule has 0 amide bonds. The maximum absolute atomic E-state index is 11.8. The van der Waals surface area contributed by atoms with Crippen molar-refractivity contribution >= 4 is 15.8 Å². The van der Waals surface area contributed by atoms with Gasteiger partial charge in [-0.05, 0) is 13.3 Å². The summed E-state index contributed by atoms with van der Waals surface area (Å²) < 4.78 is 27.9. The number of methoxy groups -OCH3 is 1. The largest absolute Gasteiger partial charge is 0.468 e. The molecule has 0 bridgehead atoms. The average molecular weight is 277 g/mol. The molecule has 6 heteroatoms. The zero-order valence-electron chi connectivity index (χ0n) is 11.4. The number of hydrogen-bond acceptors (Lipinski definition) is 5. The highest BCUT2D eigenvalue weighted by Crippen LogP contribution is 2.19. The number of unbranched alkanes of at least 4 members (excludes halogenated alkanes) is 1. The van der Waals surface area contributed by atoms with Gasteiger partial charge in [-0.1, -0.05) is 19.8 Å². The van der Waals surface area contributed by atoms with Crippen LogP contribution in [0.2, 0.25) is 0 Å². The molecule has 0 radical (unpaired) electrons. The summed E-state index contributed by atoms with van der Waals surface area (Å²) in [5.41, 5.74) is 0. The van der Waals surface area contributed by atoms with Crippen molar-refractivity contribution in [2.45, 2.75) is 45.2 Å². The Morgan fingerprint density at radius 3 is 2.67 bits per heavy atom. The van der Waals surface area contributed by atoms with Crippen LogP contribution in [-0.2, 0) is 19.4 Å². The fourth-order valence-electron chi connectivity index (χ4n) is 2.43. The average Bonchev–Trinajstić information content (AvgIpc) is 2.30. The van der Waals surface area contributed by atoms with E-state index in [9.17, 15) is 13.2 Å². The van der Waals surface area contributed by atoms with Gasteiger partial charge in [0, 0.05) is 12.6 Å². The summed E-state index contributed by atoms with van der Waals surface area (Å²) in [6.45, 7) is 4.35. The second-order valence-corrected chi connectivity index (χ2v) is 7.11. The molecule has 0 aliphatic carbocycles. The van der Waals surface area contributed by atoms with Crippen molar-refractivity contribution < 1.29 is 17.9 Å². The van der Waals surface area contributed by atoms with Gasteiger partial charge in [0.05, 0.1) is 18.6 Å². The van der Waals surface area contributed by atoms with Gasteiger partial charge in [0.15, 0.2) is 9.84 Å². The zero-order valence-corrected chi connectivity index (χ0v) is 12.2. The molecule has 2 atom stereocenters. The van der Waals surface area contributed by atoms with Gasteiger partial charge in [0.1, 0.15) is 6.04 Å². The van der Waals surface area contributed by atoms with Crippen molar-refractivity contribution in [1.82, 2.24) is 4.90 Å². The van der Waals surface area contributed by atoms with E-state index in [0.717, 1.165) is 19.3 Å². The first-order valence-electron chi connectivity index (χ1n) is 6.45. The van der Waals surface area contributed by atoms with Gasteiger partial charge in [0.2, 0.25) is 0 Å². The Morgan fingerprint density at radius 2 is 2.17 bits per heavy atom. The summed E-state index contributed by atoms with van der Waals surface area (Å²) in [5, 5.41) is 0. The number of hydrogen-bond donors (Lipinski definition) is 0. The van der Waals surface area contributed by atoms with E-state index in [1.54, 1.807) is 0 Å². The van der Waals surface area contributed by atoms with E-state index >= 15 is 0 Å². The molecule has 1 heterocycles. The number of rotatable bonds is 5. The van der Waals surface area contributed by atoms with Crippen molar-refractivity contribution in [3.8, 4) is 0 Å². The van der Waals surface area contributed by atoms with Crippen LogP contribution >= 0.6 is 0 Å². The topological polar surface area (TPSA) is 63.7 Å². The number of sulfone groups is 1. The Morgan fingerprint density at radius 1 is 1.50 bits per heavy atom. The molecular weight excluding hydrogens is 254 g/mol. The Bertz CT molecular complexity index is 380. The van der Waals surface area contributed by atoms with E-state index in [2.05, 4.69) is 6.92 Å². The smallest absolute Gasteiger partial charge is 0.323 e. The monoisotopic (exact) mass is 277 g/mol. The van der Waals surface area contributed by atoms with Crippen molar-refractivity contribution in [1.29, 1.82) is 0 Å². The molecule has 2 unspecified atom stereocenters. The molecule has 106 valence electrons. The predicted octanol–water partition coefficient (Wildman–Crippen LogP) is 0.837. The first-order valence-corrected chi connectivity index (χ1v) is 8.27. The number of ether oxygens (including phenoxy) is 1. The molecular formula is C12H23NO4S. The third-order valence-corrected chi connectivity index (χ3v) is 5.22. The lowest BCUT2D eigenvalue weighted by Gasteiger charge is -2.37. The molecule has 0 N–H and O–H groups in total. The standard InChI is InChI=1S/C12H23NO4S/c1-4-5-6-11(12(14)17-3)13-7-8-18(15,16)9-10(13)2/h10-11H,4-9H2,1-3H3. The summed E-state index contributed by atoms with van der Waals surface area (Å²) in [6.07, 6.45) is 2.68. The van der Waals surface area contributed by atoms with E-state index in [1.807, 2.05) is 11.8 Å². The van der Waals surface area contributed by atoms with Gasteiger partial charge in [-0.15, -0.1) is 0 Å². The minimum atomic E-state index is -2.95. The van der Waals surface area contributed by atoms with Gasteiger partial charge in [-0.25, -0.2) is 8.42 Å². The van der Waals surface area contributed by atoms with Gasteiger partial charge < -0.3 is 4.74 Å². The van der Waals surface area contributed by atoms with Crippen molar-refractivity contribution in [2.24, 2.45) is 0 Å². The van der Waals surface area contributed by atoms with Crippen LogP contribution in [0.15, 0.2) is 0 Å². The number of carbonyl (C=O) groups excluding carboxylic acids is 1. The molecule has 1 saturated heterocycles. The van der Waals surface area contributed by atoms with Crippen LogP contribution in [0.4, 0.5) is 0 Å². The number of nitrogens with zero attached hydrogens (tertiary/aromatic N) is 1. The van der Waals surface area contributed by atoms with Crippen LogP contribution in [0, 0.1) is 0 Å². The van der Waals surface area contributed by atoms with Gasteiger partial charge in [0.25, 0.3) is 0 Å². The lowest BCUT2D eigenvalue weighted by atomic mass is 10.1. The second-order valence-electron chi connectivity index (χ2n) is 4.88. The molecule has 1 aliphatic heterocycles. The van der Waals surface area contributed by atoms with Crippen LogP contribution in [0.5, 0.6) is 0 Å². The van der Waals surface area contributed by atoms with Crippen molar-refractivity contribution in [3.63, 3.8) is 0 Å². The first-order chi connectivity index (χ1) is 8.41. The Kier molecular flexibility index (Phi) is 5.59. The quantitative estimate of drug-likeness (QED) is 0.697. The third kappa shape index (κ3) is 3.95. The van der Waals surface area contributed by atoms with Gasteiger partial charge in [-0.2, -0.15) is 0 Å². The maximum Gasteiger partial charge on any atom is 0.323 e. The number of esters is 1. The molecule has 1 aliphatic rings. The van der Waals surface area contributed by atoms with E-state index in [0.29, 0.717) is 6.54 Å². The summed E-state index contributed by atoms with van der Waals surface area (Å²) in [4.78, 5) is 13.8. The zero-order chi connectivity index (χ0) is 13.8. The van der Waals surface area contributed by atoms with E-state index in [4.69, 9.17) is 4.74 Å². The highest BCUT2D eigenvalue weighted by molar-refractivity contribution is 7.91.